The molecule has 112 valence electrons. The lowest BCUT2D eigenvalue weighted by molar-refractivity contribution is 0.542. The van der Waals surface area contributed by atoms with Crippen molar-refractivity contribution in [2.24, 2.45) is 0 Å². The van der Waals surface area contributed by atoms with Crippen molar-refractivity contribution in [1.82, 2.24) is 9.97 Å². The SMILES string of the molecule is CCCc1ccc(-c2nc(C(C)(C)C)[nH]c(=O)c2C)cc1. The summed E-state index contributed by atoms with van der Waals surface area (Å²) in [5.74, 6) is 0.728. The molecule has 0 aliphatic rings. The molecule has 0 spiro atoms. The largest absolute Gasteiger partial charge is 0.310 e. The van der Waals surface area contributed by atoms with E-state index in [1.165, 1.54) is 5.56 Å². The standard InChI is InChI=1S/C18H24N2O/c1-6-7-13-8-10-14(11-9-13)15-12(2)16(21)20-17(19-15)18(3,4)5/h8-11H,6-7H2,1-5H3,(H,19,20,21). The highest BCUT2D eigenvalue weighted by atomic mass is 16.1. The number of H-pyrrole nitrogens is 1. The van der Waals surface area contributed by atoms with Gasteiger partial charge in [0.05, 0.1) is 5.69 Å². The topological polar surface area (TPSA) is 45.8 Å². The van der Waals surface area contributed by atoms with Gasteiger partial charge in [-0.1, -0.05) is 58.4 Å². The Morgan fingerprint density at radius 3 is 2.29 bits per heavy atom. The summed E-state index contributed by atoms with van der Waals surface area (Å²) >= 11 is 0. The molecule has 2 rings (SSSR count). The Morgan fingerprint density at radius 2 is 1.76 bits per heavy atom. The smallest absolute Gasteiger partial charge is 0.254 e. The van der Waals surface area contributed by atoms with Crippen molar-refractivity contribution < 1.29 is 0 Å². The van der Waals surface area contributed by atoms with E-state index in [1.807, 2.05) is 6.92 Å². The average Bonchev–Trinajstić information content (AvgIpc) is 2.42. The van der Waals surface area contributed by atoms with E-state index in [-0.39, 0.29) is 11.0 Å². The molecule has 0 fully saturated rings. The second-order valence-corrected chi connectivity index (χ2v) is 6.59. The minimum atomic E-state index is -0.177. The predicted octanol–water partition coefficient (Wildman–Crippen LogP) is 4.00. The van der Waals surface area contributed by atoms with Crippen LogP contribution < -0.4 is 5.56 Å². The highest BCUT2D eigenvalue weighted by molar-refractivity contribution is 5.62. The third kappa shape index (κ3) is 3.41. The van der Waals surface area contributed by atoms with Crippen LogP contribution >= 0.6 is 0 Å². The molecule has 0 radical (unpaired) electrons. The fourth-order valence-corrected chi connectivity index (χ4v) is 2.29. The van der Waals surface area contributed by atoms with Gasteiger partial charge >= 0.3 is 0 Å². The van der Waals surface area contributed by atoms with Crippen molar-refractivity contribution in [2.75, 3.05) is 0 Å². The second-order valence-electron chi connectivity index (χ2n) is 6.59. The normalized spacial score (nSPS) is 11.7. The molecule has 1 aromatic carbocycles. The van der Waals surface area contributed by atoms with Crippen LogP contribution in [0.15, 0.2) is 29.1 Å². The first-order valence-corrected chi connectivity index (χ1v) is 7.53. The third-order valence-electron chi connectivity index (χ3n) is 3.63. The number of aryl methyl sites for hydroxylation is 1. The summed E-state index contributed by atoms with van der Waals surface area (Å²) in [6, 6.07) is 8.37. The van der Waals surface area contributed by atoms with E-state index in [2.05, 4.69) is 56.9 Å². The zero-order valence-corrected chi connectivity index (χ0v) is 13.6. The number of hydrogen-bond acceptors (Lipinski definition) is 2. The monoisotopic (exact) mass is 284 g/mol. The Bertz CT molecular complexity index is 676. The summed E-state index contributed by atoms with van der Waals surface area (Å²) in [6.45, 7) is 10.2. The molecule has 2 aromatic rings. The minimum Gasteiger partial charge on any atom is -0.310 e. The zero-order valence-electron chi connectivity index (χ0n) is 13.6. The van der Waals surface area contributed by atoms with Crippen molar-refractivity contribution in [2.45, 2.75) is 52.9 Å². The summed E-state index contributed by atoms with van der Waals surface area (Å²) in [5, 5.41) is 0. The molecule has 3 nitrogen and oxygen atoms in total. The summed E-state index contributed by atoms with van der Waals surface area (Å²) < 4.78 is 0. The first-order chi connectivity index (χ1) is 9.82. The van der Waals surface area contributed by atoms with Crippen molar-refractivity contribution >= 4 is 0 Å². The van der Waals surface area contributed by atoms with E-state index < -0.39 is 0 Å². The van der Waals surface area contributed by atoms with Crippen LogP contribution in [0.4, 0.5) is 0 Å². The van der Waals surface area contributed by atoms with E-state index in [0.717, 1.165) is 29.9 Å². The van der Waals surface area contributed by atoms with E-state index in [0.29, 0.717) is 5.56 Å². The molecular formula is C18H24N2O. The number of aromatic amines is 1. The molecule has 1 N–H and O–H groups in total. The van der Waals surface area contributed by atoms with Crippen molar-refractivity contribution in [3.05, 3.63) is 51.6 Å². The molecule has 1 aromatic heterocycles. The number of hydrogen-bond donors (Lipinski definition) is 1. The van der Waals surface area contributed by atoms with Gasteiger partial charge in [-0.3, -0.25) is 4.79 Å². The van der Waals surface area contributed by atoms with E-state index in [9.17, 15) is 4.79 Å². The number of aromatic nitrogens is 2. The lowest BCUT2D eigenvalue weighted by Crippen LogP contribution is -2.24. The number of rotatable bonds is 3. The maximum atomic E-state index is 12.2. The van der Waals surface area contributed by atoms with Crippen LogP contribution in [0.1, 0.15) is 51.1 Å². The van der Waals surface area contributed by atoms with Gasteiger partial charge in [-0.05, 0) is 18.9 Å². The van der Waals surface area contributed by atoms with Crippen LogP contribution in [0.3, 0.4) is 0 Å². The summed E-state index contributed by atoms with van der Waals surface area (Å²) in [7, 11) is 0. The van der Waals surface area contributed by atoms with E-state index in [1.54, 1.807) is 0 Å². The second kappa shape index (κ2) is 5.84. The van der Waals surface area contributed by atoms with E-state index in [4.69, 9.17) is 4.98 Å². The summed E-state index contributed by atoms with van der Waals surface area (Å²) in [6.07, 6.45) is 2.21. The first-order valence-electron chi connectivity index (χ1n) is 7.53. The molecule has 0 aliphatic carbocycles. The molecule has 0 saturated carbocycles. The van der Waals surface area contributed by atoms with Crippen LogP contribution in [0.5, 0.6) is 0 Å². The van der Waals surface area contributed by atoms with Gasteiger partial charge in [0.1, 0.15) is 5.82 Å². The Labute approximate surface area is 126 Å². The van der Waals surface area contributed by atoms with Crippen LogP contribution in [-0.2, 0) is 11.8 Å². The van der Waals surface area contributed by atoms with Crippen LogP contribution in [0.2, 0.25) is 0 Å². The van der Waals surface area contributed by atoms with Crippen molar-refractivity contribution in [3.8, 4) is 11.3 Å². The summed E-state index contributed by atoms with van der Waals surface area (Å²) in [5.41, 5.74) is 3.55. The van der Waals surface area contributed by atoms with Crippen LogP contribution in [0, 0.1) is 6.92 Å². The third-order valence-corrected chi connectivity index (χ3v) is 3.63. The van der Waals surface area contributed by atoms with Gasteiger partial charge in [-0.2, -0.15) is 0 Å². The fourth-order valence-electron chi connectivity index (χ4n) is 2.29. The van der Waals surface area contributed by atoms with Gasteiger partial charge in [-0.15, -0.1) is 0 Å². The fraction of sp³-hybridized carbons (Fsp3) is 0.444. The maximum absolute atomic E-state index is 12.2. The van der Waals surface area contributed by atoms with Gasteiger partial charge in [0.2, 0.25) is 0 Å². The van der Waals surface area contributed by atoms with Gasteiger partial charge in [0, 0.05) is 16.5 Å². The number of nitrogens with one attached hydrogen (secondary N) is 1. The lowest BCUT2D eigenvalue weighted by atomic mass is 9.95. The number of nitrogens with zero attached hydrogens (tertiary/aromatic N) is 1. The highest BCUT2D eigenvalue weighted by Gasteiger charge is 2.19. The van der Waals surface area contributed by atoms with Crippen molar-refractivity contribution in [1.29, 1.82) is 0 Å². The molecular weight excluding hydrogens is 260 g/mol. The first kappa shape index (κ1) is 15.5. The minimum absolute atomic E-state index is 0.0532. The molecule has 0 aliphatic heterocycles. The molecule has 0 amide bonds. The highest BCUT2D eigenvalue weighted by Crippen LogP contribution is 2.24. The Kier molecular flexibility index (Phi) is 4.31. The summed E-state index contributed by atoms with van der Waals surface area (Å²) in [4.78, 5) is 19.7. The Morgan fingerprint density at radius 1 is 1.14 bits per heavy atom. The molecule has 0 atom stereocenters. The van der Waals surface area contributed by atoms with Gasteiger partial charge in [-0.25, -0.2) is 4.98 Å². The lowest BCUT2D eigenvalue weighted by Gasteiger charge is -2.18. The Hall–Kier alpha value is -1.90. The van der Waals surface area contributed by atoms with Crippen LogP contribution in [0.25, 0.3) is 11.3 Å². The van der Waals surface area contributed by atoms with Gasteiger partial charge in [0.25, 0.3) is 5.56 Å². The molecule has 0 saturated heterocycles. The molecule has 21 heavy (non-hydrogen) atoms. The van der Waals surface area contributed by atoms with Crippen molar-refractivity contribution in [3.63, 3.8) is 0 Å². The van der Waals surface area contributed by atoms with Gasteiger partial charge in [0.15, 0.2) is 0 Å². The van der Waals surface area contributed by atoms with Gasteiger partial charge < -0.3 is 4.98 Å². The molecule has 0 bridgehead atoms. The molecule has 0 unspecified atom stereocenters. The maximum Gasteiger partial charge on any atom is 0.254 e. The quantitative estimate of drug-likeness (QED) is 0.926. The zero-order chi connectivity index (χ0) is 15.6. The van der Waals surface area contributed by atoms with Crippen LogP contribution in [-0.4, -0.2) is 9.97 Å². The Balaban J connectivity index is 2.52. The molecule has 1 heterocycles. The average molecular weight is 284 g/mol. The van der Waals surface area contributed by atoms with E-state index >= 15 is 0 Å². The predicted molar refractivity (Wildman–Crippen MR) is 87.7 cm³/mol. The molecule has 3 heteroatoms. The number of benzene rings is 1.